The Hall–Kier alpha value is -0.530. The molecule has 0 heterocycles. The molecule has 1 nitrogen and oxygen atoms in total. The van der Waals surface area contributed by atoms with Crippen molar-refractivity contribution in [3.8, 4) is 0 Å². The molecular formula is C15H22ClN. The van der Waals surface area contributed by atoms with E-state index in [9.17, 15) is 0 Å². The lowest BCUT2D eigenvalue weighted by atomic mass is 9.75. The molecule has 0 atom stereocenters. The van der Waals surface area contributed by atoms with E-state index in [1.807, 2.05) is 12.1 Å². The lowest BCUT2D eigenvalue weighted by molar-refractivity contribution is 0.254. The zero-order valence-electron chi connectivity index (χ0n) is 11.0. The molecule has 1 aromatic rings. The molecule has 0 spiro atoms. The summed E-state index contributed by atoms with van der Waals surface area (Å²) in [4.78, 5) is 0. The van der Waals surface area contributed by atoms with Crippen molar-refractivity contribution in [1.82, 2.24) is 5.32 Å². The fraction of sp³-hybridized carbons (Fsp3) is 0.600. The fourth-order valence-electron chi connectivity index (χ4n) is 2.30. The van der Waals surface area contributed by atoms with Crippen molar-refractivity contribution in [2.24, 2.45) is 5.41 Å². The van der Waals surface area contributed by atoms with E-state index in [-0.39, 0.29) is 0 Å². The number of nitrogens with one attached hydrogen (secondary N) is 1. The number of rotatable bonds is 3. The number of halogens is 1. The van der Waals surface area contributed by atoms with Crippen molar-refractivity contribution >= 4 is 11.6 Å². The molecule has 0 unspecified atom stereocenters. The topological polar surface area (TPSA) is 12.0 Å². The van der Waals surface area contributed by atoms with Crippen LogP contribution in [0, 0.1) is 5.41 Å². The van der Waals surface area contributed by atoms with E-state index in [2.05, 4.69) is 38.2 Å². The van der Waals surface area contributed by atoms with Gasteiger partial charge in [-0.3, -0.25) is 0 Å². The Morgan fingerprint density at radius 1 is 1.24 bits per heavy atom. The molecule has 0 aliphatic heterocycles. The smallest absolute Gasteiger partial charge is 0.0440 e. The molecule has 1 fully saturated rings. The number of benzene rings is 1. The summed E-state index contributed by atoms with van der Waals surface area (Å²) < 4.78 is 0. The van der Waals surface area contributed by atoms with Crippen LogP contribution in [0.3, 0.4) is 0 Å². The van der Waals surface area contributed by atoms with Crippen molar-refractivity contribution in [3.63, 3.8) is 0 Å². The number of hydrogen-bond donors (Lipinski definition) is 1. The average molecular weight is 252 g/mol. The Bertz CT molecular complexity index is 375. The molecule has 94 valence electrons. The van der Waals surface area contributed by atoms with Gasteiger partial charge in [-0.2, -0.15) is 0 Å². The summed E-state index contributed by atoms with van der Waals surface area (Å²) in [5, 5.41) is 4.56. The van der Waals surface area contributed by atoms with Crippen LogP contribution >= 0.6 is 11.6 Å². The van der Waals surface area contributed by atoms with Crippen LogP contribution in [0.1, 0.15) is 45.1 Å². The van der Waals surface area contributed by atoms with Gasteiger partial charge >= 0.3 is 0 Å². The Labute approximate surface area is 110 Å². The maximum absolute atomic E-state index is 6.21. The summed E-state index contributed by atoms with van der Waals surface area (Å²) in [5.41, 5.74) is 1.69. The predicted octanol–water partition coefficient (Wildman–Crippen LogP) is 4.22. The van der Waals surface area contributed by atoms with Gasteiger partial charge in [-0.25, -0.2) is 0 Å². The summed E-state index contributed by atoms with van der Waals surface area (Å²) in [5.74, 6) is 0.654. The molecule has 1 saturated carbocycles. The third-order valence-electron chi connectivity index (χ3n) is 3.40. The van der Waals surface area contributed by atoms with Crippen molar-refractivity contribution in [3.05, 3.63) is 34.9 Å². The molecule has 1 N–H and O–H groups in total. The van der Waals surface area contributed by atoms with Crippen molar-refractivity contribution in [1.29, 1.82) is 0 Å². The summed E-state index contributed by atoms with van der Waals surface area (Å²) in [6.45, 7) is 7.89. The molecule has 1 aliphatic rings. The molecular weight excluding hydrogens is 230 g/mol. The molecule has 2 rings (SSSR count). The van der Waals surface area contributed by atoms with Crippen LogP contribution < -0.4 is 5.32 Å². The highest BCUT2D eigenvalue weighted by Gasteiger charge is 2.31. The van der Waals surface area contributed by atoms with Crippen LogP contribution in [-0.4, -0.2) is 12.6 Å². The van der Waals surface area contributed by atoms with Crippen LogP contribution in [0.25, 0.3) is 0 Å². The van der Waals surface area contributed by atoms with Gasteiger partial charge in [0.05, 0.1) is 0 Å². The second-order valence-electron chi connectivity index (χ2n) is 6.33. The van der Waals surface area contributed by atoms with E-state index in [0.717, 1.165) is 11.6 Å². The van der Waals surface area contributed by atoms with Crippen molar-refractivity contribution < 1.29 is 0 Å². The third kappa shape index (κ3) is 3.46. The maximum atomic E-state index is 6.21. The molecule has 0 saturated heterocycles. The summed E-state index contributed by atoms with van der Waals surface area (Å²) in [6, 6.07) is 8.91. The fourth-order valence-corrected chi connectivity index (χ4v) is 2.59. The van der Waals surface area contributed by atoms with E-state index in [0.29, 0.717) is 17.4 Å². The first-order chi connectivity index (χ1) is 7.96. The molecule has 0 amide bonds. The monoisotopic (exact) mass is 251 g/mol. The largest absolute Gasteiger partial charge is 0.313 e. The number of hydrogen-bond acceptors (Lipinski definition) is 1. The van der Waals surface area contributed by atoms with E-state index in [1.54, 1.807) is 0 Å². The highest BCUT2D eigenvalue weighted by atomic mass is 35.5. The quantitative estimate of drug-likeness (QED) is 0.848. The van der Waals surface area contributed by atoms with Gasteiger partial charge in [0, 0.05) is 17.6 Å². The summed E-state index contributed by atoms with van der Waals surface area (Å²) in [7, 11) is 0. The van der Waals surface area contributed by atoms with Gasteiger partial charge in [-0.05, 0) is 35.8 Å². The lowest BCUT2D eigenvalue weighted by Gasteiger charge is -2.38. The highest BCUT2D eigenvalue weighted by molar-refractivity contribution is 6.31. The van der Waals surface area contributed by atoms with Gasteiger partial charge in [0.2, 0.25) is 0 Å². The Kier molecular flexibility index (Phi) is 3.79. The maximum Gasteiger partial charge on any atom is 0.0440 e. The second-order valence-corrected chi connectivity index (χ2v) is 6.74. The van der Waals surface area contributed by atoms with Crippen LogP contribution in [-0.2, 0) is 0 Å². The van der Waals surface area contributed by atoms with Gasteiger partial charge in [0.15, 0.2) is 0 Å². The molecule has 0 radical (unpaired) electrons. The van der Waals surface area contributed by atoms with E-state index < -0.39 is 0 Å². The first kappa shape index (κ1) is 12.9. The summed E-state index contributed by atoms with van der Waals surface area (Å²) >= 11 is 6.21. The van der Waals surface area contributed by atoms with Gasteiger partial charge < -0.3 is 5.32 Å². The molecule has 2 heteroatoms. The first-order valence-electron chi connectivity index (χ1n) is 6.43. The van der Waals surface area contributed by atoms with Gasteiger partial charge in [-0.1, -0.05) is 50.6 Å². The molecule has 1 aromatic carbocycles. The minimum Gasteiger partial charge on any atom is -0.313 e. The predicted molar refractivity (Wildman–Crippen MR) is 74.7 cm³/mol. The van der Waals surface area contributed by atoms with Crippen LogP contribution in [0.2, 0.25) is 5.02 Å². The van der Waals surface area contributed by atoms with E-state index in [4.69, 9.17) is 11.6 Å². The molecule has 0 aromatic heterocycles. The SMILES string of the molecule is CC(C)(C)CNC1CC(c2ccccc2Cl)C1. The zero-order valence-corrected chi connectivity index (χ0v) is 11.7. The van der Waals surface area contributed by atoms with Gasteiger partial charge in [0.1, 0.15) is 0 Å². The third-order valence-corrected chi connectivity index (χ3v) is 3.75. The lowest BCUT2D eigenvalue weighted by Crippen LogP contribution is -2.43. The van der Waals surface area contributed by atoms with Gasteiger partial charge in [-0.15, -0.1) is 0 Å². The van der Waals surface area contributed by atoms with E-state index in [1.165, 1.54) is 18.4 Å². The van der Waals surface area contributed by atoms with Gasteiger partial charge in [0.25, 0.3) is 0 Å². The van der Waals surface area contributed by atoms with Crippen LogP contribution in [0.15, 0.2) is 24.3 Å². The Morgan fingerprint density at radius 2 is 1.88 bits per heavy atom. The molecule has 17 heavy (non-hydrogen) atoms. The van der Waals surface area contributed by atoms with E-state index >= 15 is 0 Å². The standard InChI is InChI=1S/C15H22ClN/c1-15(2,3)10-17-12-8-11(9-12)13-6-4-5-7-14(13)16/h4-7,11-12,17H,8-10H2,1-3H3. The normalized spacial score (nSPS) is 24.5. The minimum atomic E-state index is 0.371. The van der Waals surface area contributed by atoms with Crippen molar-refractivity contribution in [2.75, 3.05) is 6.54 Å². The van der Waals surface area contributed by atoms with Crippen LogP contribution in [0.5, 0.6) is 0 Å². The molecule has 1 aliphatic carbocycles. The van der Waals surface area contributed by atoms with Crippen LogP contribution in [0.4, 0.5) is 0 Å². The zero-order chi connectivity index (χ0) is 12.5. The molecule has 0 bridgehead atoms. The Morgan fingerprint density at radius 3 is 2.47 bits per heavy atom. The second kappa shape index (κ2) is 4.99. The average Bonchev–Trinajstić information content (AvgIpc) is 2.16. The first-order valence-corrected chi connectivity index (χ1v) is 6.81. The minimum absolute atomic E-state index is 0.371. The summed E-state index contributed by atoms with van der Waals surface area (Å²) in [6.07, 6.45) is 2.44. The Balaban J connectivity index is 1.81. The van der Waals surface area contributed by atoms with Crippen molar-refractivity contribution in [2.45, 2.75) is 45.6 Å². The highest BCUT2D eigenvalue weighted by Crippen LogP contribution is 2.40.